The number of hydrogen-bond acceptors (Lipinski definition) is 5. The molecule has 4 N–H and O–H groups in total. The minimum atomic E-state index is -0.946. The Kier molecular flexibility index (Phi) is 3.38. The molecule has 0 radical (unpaired) electrons. The summed E-state index contributed by atoms with van der Waals surface area (Å²) in [5.41, 5.74) is 5.22. The molecule has 0 saturated heterocycles. The first-order valence-electron chi connectivity index (χ1n) is 4.13. The molecule has 0 heterocycles. The van der Waals surface area contributed by atoms with Crippen LogP contribution in [0.3, 0.4) is 0 Å². The summed E-state index contributed by atoms with van der Waals surface area (Å²) in [6.45, 7) is 0. The molecule has 0 aliphatic carbocycles. The third kappa shape index (κ3) is 2.67. The second-order valence-corrected chi connectivity index (χ2v) is 2.72. The highest BCUT2D eigenvalue weighted by molar-refractivity contribution is 5.84. The Morgan fingerprint density at radius 3 is 2.75 bits per heavy atom. The van der Waals surface area contributed by atoms with E-state index < -0.39 is 11.0 Å². The van der Waals surface area contributed by atoms with E-state index in [1.807, 2.05) is 0 Å². The van der Waals surface area contributed by atoms with Crippen molar-refractivity contribution in [2.75, 3.05) is 0 Å². The van der Waals surface area contributed by atoms with Crippen molar-refractivity contribution in [2.24, 2.45) is 10.8 Å². The largest absolute Gasteiger partial charge is 0.507 e. The van der Waals surface area contributed by atoms with Gasteiger partial charge in [-0.25, -0.2) is 0 Å². The van der Waals surface area contributed by atoms with Crippen LogP contribution in [0.5, 0.6) is 5.75 Å². The van der Waals surface area contributed by atoms with Gasteiger partial charge in [0.05, 0.1) is 15.7 Å². The number of nitrogens with two attached hydrogens (primary N) is 1. The van der Waals surface area contributed by atoms with Gasteiger partial charge in [-0.15, -0.1) is 0 Å². The summed E-state index contributed by atoms with van der Waals surface area (Å²) in [4.78, 5) is 10.4. The molecule has 0 aromatic heterocycles. The van der Waals surface area contributed by atoms with Crippen LogP contribution < -0.4 is 5.73 Å². The number of phenolic OH excluding ortho intramolecular Hbond substituents is 1. The number of hydrazone groups is 1. The van der Waals surface area contributed by atoms with Crippen molar-refractivity contribution < 1.29 is 10.1 Å². The average Bonchev–Trinajstić information content (AvgIpc) is 2.20. The van der Waals surface area contributed by atoms with Crippen molar-refractivity contribution in [3.8, 4) is 5.75 Å². The van der Waals surface area contributed by atoms with Crippen LogP contribution in [0.2, 0.25) is 0 Å². The zero-order valence-electron chi connectivity index (χ0n) is 8.07. The van der Waals surface area contributed by atoms with Crippen LogP contribution in [0.25, 0.3) is 0 Å². The molecule has 16 heavy (non-hydrogen) atoms. The summed E-state index contributed by atoms with van der Waals surface area (Å²) in [5.74, 6) is -0.894. The summed E-state index contributed by atoms with van der Waals surface area (Å²) in [6, 6.07) is 6.15. The average molecular weight is 223 g/mol. The van der Waals surface area contributed by atoms with E-state index in [2.05, 4.69) is 5.10 Å². The number of hydrazine groups is 1. The summed E-state index contributed by atoms with van der Waals surface area (Å²) < 4.78 is 0. The predicted molar refractivity (Wildman–Crippen MR) is 56.4 cm³/mol. The highest BCUT2D eigenvalue weighted by Gasteiger charge is 2.15. The van der Waals surface area contributed by atoms with E-state index in [4.69, 9.17) is 11.1 Å². The molecule has 0 spiro atoms. The van der Waals surface area contributed by atoms with E-state index in [0.29, 0.717) is 0 Å². The van der Waals surface area contributed by atoms with Gasteiger partial charge in [0, 0.05) is 5.10 Å². The Hall–Kier alpha value is -2.64. The van der Waals surface area contributed by atoms with E-state index in [9.17, 15) is 15.2 Å². The van der Waals surface area contributed by atoms with Crippen molar-refractivity contribution in [2.45, 2.75) is 0 Å². The van der Waals surface area contributed by atoms with Crippen LogP contribution in [0.15, 0.2) is 29.4 Å². The molecule has 0 amide bonds. The van der Waals surface area contributed by atoms with Gasteiger partial charge in [-0.2, -0.15) is 0 Å². The number of nitrogens with one attached hydrogen (secondary N) is 1. The molecule has 0 aliphatic heterocycles. The van der Waals surface area contributed by atoms with E-state index in [-0.39, 0.29) is 16.4 Å². The summed E-state index contributed by atoms with van der Waals surface area (Å²) in [5, 5.41) is 29.1. The van der Waals surface area contributed by atoms with Crippen molar-refractivity contribution >= 4 is 12.2 Å². The molecule has 8 nitrogen and oxygen atoms in total. The summed E-state index contributed by atoms with van der Waals surface area (Å²) >= 11 is 0. The molecule has 0 saturated carbocycles. The number of benzene rings is 1. The molecule has 0 bridgehead atoms. The maximum atomic E-state index is 10.4. The second kappa shape index (κ2) is 4.73. The summed E-state index contributed by atoms with van der Waals surface area (Å²) in [7, 11) is 0. The lowest BCUT2D eigenvalue weighted by Gasteiger charge is -2.04. The molecule has 0 aliphatic rings. The van der Waals surface area contributed by atoms with Gasteiger partial charge in [0.25, 0.3) is 5.96 Å². The third-order valence-corrected chi connectivity index (χ3v) is 1.61. The number of guanidine groups is 1. The zero-order chi connectivity index (χ0) is 12.1. The smallest absolute Gasteiger partial charge is 0.280 e. The minimum Gasteiger partial charge on any atom is -0.507 e. The molecular weight excluding hydrogens is 214 g/mol. The van der Waals surface area contributed by atoms with Gasteiger partial charge >= 0.3 is 0 Å². The van der Waals surface area contributed by atoms with E-state index in [1.54, 1.807) is 12.1 Å². The molecule has 1 aromatic carbocycles. The Bertz CT molecular complexity index is 431. The first-order valence-corrected chi connectivity index (χ1v) is 4.13. The van der Waals surface area contributed by atoms with E-state index in [1.165, 1.54) is 12.1 Å². The number of para-hydroxylation sites is 1. The predicted octanol–water partition coefficient (Wildman–Crippen LogP) is 0.113. The quantitative estimate of drug-likeness (QED) is 0.290. The molecule has 1 aromatic rings. The number of nitrogens with zero attached hydrogens (tertiary/aromatic N) is 3. The number of nitro groups is 1. The van der Waals surface area contributed by atoms with Crippen molar-refractivity contribution in [3.05, 3.63) is 39.9 Å². The van der Waals surface area contributed by atoms with Crippen LogP contribution in [-0.4, -0.2) is 27.4 Å². The summed E-state index contributed by atoms with van der Waals surface area (Å²) in [6.07, 6.45) is 1.04. The Labute approximate surface area is 90.2 Å². The van der Waals surface area contributed by atoms with Gasteiger partial charge in [0.2, 0.25) is 0 Å². The fraction of sp³-hybridized carbons (Fsp3) is 0. The Morgan fingerprint density at radius 2 is 2.25 bits per heavy atom. The van der Waals surface area contributed by atoms with Crippen LogP contribution in [0.1, 0.15) is 5.56 Å². The molecule has 8 heteroatoms. The second-order valence-electron chi connectivity index (χ2n) is 2.72. The molecule has 84 valence electrons. The lowest BCUT2D eigenvalue weighted by molar-refractivity contribution is -0.631. The van der Waals surface area contributed by atoms with E-state index >= 15 is 0 Å². The van der Waals surface area contributed by atoms with Crippen molar-refractivity contribution in [3.63, 3.8) is 0 Å². The molecule has 0 fully saturated rings. The van der Waals surface area contributed by atoms with Crippen LogP contribution in [0, 0.1) is 15.5 Å². The topological polar surface area (TPSA) is 129 Å². The fourth-order valence-electron chi connectivity index (χ4n) is 0.906. The highest BCUT2D eigenvalue weighted by Crippen LogP contribution is 2.12. The van der Waals surface area contributed by atoms with Crippen LogP contribution in [-0.2, 0) is 0 Å². The third-order valence-electron chi connectivity index (χ3n) is 1.61. The Morgan fingerprint density at radius 1 is 1.62 bits per heavy atom. The van der Waals surface area contributed by atoms with Crippen LogP contribution in [0.4, 0.5) is 0 Å². The zero-order valence-corrected chi connectivity index (χ0v) is 8.07. The van der Waals surface area contributed by atoms with Gasteiger partial charge in [0.1, 0.15) is 5.75 Å². The van der Waals surface area contributed by atoms with Gasteiger partial charge < -0.3 is 21.0 Å². The SMILES string of the molecule is N=C(N)N(N=Cc1ccccc1O)[N+](=O)[O-]. The van der Waals surface area contributed by atoms with Crippen molar-refractivity contribution in [1.29, 1.82) is 5.41 Å². The minimum absolute atomic E-state index is 0.0712. The first-order chi connectivity index (χ1) is 7.52. The van der Waals surface area contributed by atoms with Gasteiger partial charge in [-0.05, 0) is 12.1 Å². The first kappa shape index (κ1) is 11.4. The normalized spacial score (nSPS) is 10.2. The van der Waals surface area contributed by atoms with Crippen molar-refractivity contribution in [1.82, 2.24) is 5.12 Å². The number of aromatic hydroxyl groups is 1. The number of rotatable bonds is 3. The van der Waals surface area contributed by atoms with E-state index in [0.717, 1.165) is 6.21 Å². The number of hydrogen-bond donors (Lipinski definition) is 3. The maximum Gasteiger partial charge on any atom is 0.280 e. The maximum absolute atomic E-state index is 10.4. The molecule has 0 unspecified atom stereocenters. The number of phenols is 1. The monoisotopic (exact) mass is 223 g/mol. The van der Waals surface area contributed by atoms with Gasteiger partial charge in [-0.3, -0.25) is 5.41 Å². The van der Waals surface area contributed by atoms with Gasteiger partial charge in [0.15, 0.2) is 6.21 Å². The molecule has 1 rings (SSSR count). The lowest BCUT2D eigenvalue weighted by atomic mass is 10.2. The standard InChI is InChI=1S/C8H9N5O3/c9-8(10)12(13(15)16)11-5-6-3-1-2-4-7(6)14/h1-5,14H,(H3,9,10). The van der Waals surface area contributed by atoms with Crippen LogP contribution >= 0.6 is 0 Å². The lowest BCUT2D eigenvalue weighted by Crippen LogP contribution is -2.36. The fourth-order valence-corrected chi connectivity index (χ4v) is 0.906. The Balaban J connectivity index is 2.91. The van der Waals surface area contributed by atoms with Gasteiger partial charge in [-0.1, -0.05) is 12.1 Å². The molecular formula is C8H9N5O3. The molecule has 0 atom stereocenters. The highest BCUT2D eigenvalue weighted by atomic mass is 16.7.